The number of nitrogens with one attached hydrogen (secondary N) is 3. The quantitative estimate of drug-likeness (QED) is 0.380. The standard InChI is InChI=1S/C32H43FN6O6/c1-32(2,3)45-31(43)39-15-13-26(14-16-39)38-19-17-37(18-20-38)25-11-5-22(6-12-25)28(40)34-21-27(29(41)44-4)36-30(42)35-24-9-7-23(33)8-10-24/h5-12,26-27H,13-21H2,1-4H3,(H,34,40)(H2,35,36,42)/t27-/m0/s1. The molecular weight excluding hydrogens is 583 g/mol. The summed E-state index contributed by atoms with van der Waals surface area (Å²) in [6.07, 6.45) is 1.61. The SMILES string of the molecule is COC(=O)[C@H](CNC(=O)c1ccc(N2CCN(C3CCN(C(=O)OC(C)(C)C)CC3)CC2)cc1)NC(=O)Nc1ccc(F)cc1. The Morgan fingerprint density at radius 2 is 1.53 bits per heavy atom. The summed E-state index contributed by atoms with van der Waals surface area (Å²) in [5.41, 5.74) is 1.26. The topological polar surface area (TPSA) is 133 Å². The predicted octanol–water partition coefficient (Wildman–Crippen LogP) is 3.44. The molecule has 0 unspecified atom stereocenters. The van der Waals surface area contributed by atoms with E-state index in [1.165, 1.54) is 31.4 Å². The minimum atomic E-state index is -1.14. The van der Waals surface area contributed by atoms with Crippen LogP contribution in [0.2, 0.25) is 0 Å². The summed E-state index contributed by atoms with van der Waals surface area (Å²) >= 11 is 0. The molecule has 244 valence electrons. The fourth-order valence-corrected chi connectivity index (χ4v) is 5.40. The van der Waals surface area contributed by atoms with Gasteiger partial charge in [0.05, 0.1) is 7.11 Å². The second kappa shape index (κ2) is 15.1. The fourth-order valence-electron chi connectivity index (χ4n) is 5.40. The number of likely N-dealkylation sites (tertiary alicyclic amines) is 1. The van der Waals surface area contributed by atoms with Crippen LogP contribution >= 0.6 is 0 Å². The number of ether oxygens (including phenoxy) is 2. The van der Waals surface area contributed by atoms with Crippen LogP contribution in [0.3, 0.4) is 0 Å². The third kappa shape index (κ3) is 9.80. The van der Waals surface area contributed by atoms with Crippen molar-refractivity contribution >= 4 is 35.4 Å². The first-order valence-electron chi connectivity index (χ1n) is 15.2. The Kier molecular flexibility index (Phi) is 11.2. The largest absolute Gasteiger partial charge is 0.467 e. The Morgan fingerprint density at radius 1 is 0.911 bits per heavy atom. The predicted molar refractivity (Wildman–Crippen MR) is 168 cm³/mol. The summed E-state index contributed by atoms with van der Waals surface area (Å²) in [5.74, 6) is -1.58. The van der Waals surface area contributed by atoms with E-state index in [0.29, 0.717) is 30.4 Å². The van der Waals surface area contributed by atoms with Crippen LogP contribution in [0.4, 0.5) is 25.4 Å². The molecule has 2 heterocycles. The van der Waals surface area contributed by atoms with Gasteiger partial charge in [-0.2, -0.15) is 0 Å². The van der Waals surface area contributed by atoms with Crippen molar-refractivity contribution in [2.45, 2.75) is 51.3 Å². The molecule has 2 aromatic carbocycles. The van der Waals surface area contributed by atoms with Crippen LogP contribution in [-0.4, -0.2) is 104 Å². The highest BCUT2D eigenvalue weighted by Crippen LogP contribution is 2.23. The van der Waals surface area contributed by atoms with Gasteiger partial charge in [0.25, 0.3) is 5.91 Å². The molecule has 1 atom stereocenters. The van der Waals surface area contributed by atoms with E-state index < -0.39 is 35.4 Å². The molecule has 13 heteroatoms. The van der Waals surface area contributed by atoms with Gasteiger partial charge < -0.3 is 35.2 Å². The average Bonchev–Trinajstić information content (AvgIpc) is 3.03. The number of piperazine rings is 1. The lowest BCUT2D eigenvalue weighted by molar-refractivity contribution is -0.142. The lowest BCUT2D eigenvalue weighted by Gasteiger charge is -2.43. The summed E-state index contributed by atoms with van der Waals surface area (Å²) < 4.78 is 23.4. The van der Waals surface area contributed by atoms with Crippen LogP contribution in [-0.2, 0) is 14.3 Å². The number of anilines is 2. The van der Waals surface area contributed by atoms with Crippen molar-refractivity contribution in [2.24, 2.45) is 0 Å². The van der Waals surface area contributed by atoms with E-state index in [2.05, 4.69) is 25.8 Å². The Hall–Kier alpha value is -4.39. The van der Waals surface area contributed by atoms with E-state index in [0.717, 1.165) is 44.7 Å². The molecule has 2 fully saturated rings. The number of carbonyl (C=O) groups is 4. The van der Waals surface area contributed by atoms with Gasteiger partial charge in [-0.25, -0.2) is 18.8 Å². The molecule has 0 saturated carbocycles. The monoisotopic (exact) mass is 626 g/mol. The fraction of sp³-hybridized carbons (Fsp3) is 0.500. The Balaban J connectivity index is 1.22. The number of methoxy groups -OCH3 is 1. The first-order chi connectivity index (χ1) is 21.4. The lowest BCUT2D eigenvalue weighted by atomic mass is 10.0. The molecule has 12 nitrogen and oxygen atoms in total. The lowest BCUT2D eigenvalue weighted by Crippen LogP contribution is -2.54. The van der Waals surface area contributed by atoms with Gasteiger partial charge in [0.1, 0.15) is 17.5 Å². The second-order valence-electron chi connectivity index (χ2n) is 12.2. The van der Waals surface area contributed by atoms with Gasteiger partial charge in [-0.3, -0.25) is 9.69 Å². The number of hydrogen-bond acceptors (Lipinski definition) is 8. The second-order valence-corrected chi connectivity index (χ2v) is 12.2. The number of esters is 1. The number of benzene rings is 2. The van der Waals surface area contributed by atoms with E-state index in [4.69, 9.17) is 9.47 Å². The summed E-state index contributed by atoms with van der Waals surface area (Å²) in [7, 11) is 1.19. The number of urea groups is 1. The van der Waals surface area contributed by atoms with E-state index in [1.807, 2.05) is 32.9 Å². The summed E-state index contributed by atoms with van der Waals surface area (Å²) in [5, 5.41) is 7.64. The van der Waals surface area contributed by atoms with E-state index >= 15 is 0 Å². The Morgan fingerprint density at radius 3 is 2.11 bits per heavy atom. The van der Waals surface area contributed by atoms with E-state index in [-0.39, 0.29) is 12.6 Å². The van der Waals surface area contributed by atoms with Crippen molar-refractivity contribution in [1.29, 1.82) is 0 Å². The zero-order valence-corrected chi connectivity index (χ0v) is 26.3. The molecule has 45 heavy (non-hydrogen) atoms. The Bertz CT molecular complexity index is 1320. The number of nitrogens with zero attached hydrogens (tertiary/aromatic N) is 3. The number of amides is 4. The molecule has 0 bridgehead atoms. The van der Waals surface area contributed by atoms with Gasteiger partial charge in [0.2, 0.25) is 0 Å². The first kappa shape index (κ1) is 33.5. The third-order valence-electron chi connectivity index (χ3n) is 7.80. The zero-order valence-electron chi connectivity index (χ0n) is 26.3. The highest BCUT2D eigenvalue weighted by Gasteiger charge is 2.31. The van der Waals surface area contributed by atoms with Gasteiger partial charge in [0.15, 0.2) is 0 Å². The third-order valence-corrected chi connectivity index (χ3v) is 7.80. The smallest absolute Gasteiger partial charge is 0.410 e. The van der Waals surface area contributed by atoms with Gasteiger partial charge in [-0.1, -0.05) is 0 Å². The van der Waals surface area contributed by atoms with Crippen molar-refractivity contribution in [3.63, 3.8) is 0 Å². The molecule has 2 saturated heterocycles. The highest BCUT2D eigenvalue weighted by atomic mass is 19.1. The average molecular weight is 627 g/mol. The summed E-state index contributed by atoms with van der Waals surface area (Å²) in [4.78, 5) is 56.4. The maximum atomic E-state index is 13.1. The molecule has 4 amide bonds. The molecule has 0 aromatic heterocycles. The van der Waals surface area contributed by atoms with Crippen molar-refractivity contribution in [3.8, 4) is 0 Å². The van der Waals surface area contributed by atoms with Gasteiger partial charge >= 0.3 is 18.1 Å². The Labute approximate surface area is 263 Å². The van der Waals surface area contributed by atoms with Crippen LogP contribution in [0.15, 0.2) is 48.5 Å². The summed E-state index contributed by atoms with van der Waals surface area (Å²) in [6.45, 7) is 10.4. The van der Waals surface area contributed by atoms with Crippen molar-refractivity contribution in [2.75, 3.05) is 63.1 Å². The maximum absolute atomic E-state index is 13.1. The van der Waals surface area contributed by atoms with E-state index in [9.17, 15) is 23.6 Å². The van der Waals surface area contributed by atoms with Gasteiger partial charge in [-0.15, -0.1) is 0 Å². The molecule has 4 rings (SSSR count). The molecule has 0 spiro atoms. The summed E-state index contributed by atoms with van der Waals surface area (Å²) in [6, 6.07) is 11.0. The number of carbonyl (C=O) groups excluding carboxylic acids is 4. The van der Waals surface area contributed by atoms with E-state index in [1.54, 1.807) is 17.0 Å². The molecule has 0 radical (unpaired) electrons. The molecule has 2 aliphatic heterocycles. The van der Waals surface area contributed by atoms with Gasteiger partial charge in [-0.05, 0) is 82.1 Å². The first-order valence-corrected chi connectivity index (χ1v) is 15.2. The van der Waals surface area contributed by atoms with Crippen LogP contribution < -0.4 is 20.9 Å². The highest BCUT2D eigenvalue weighted by molar-refractivity contribution is 5.96. The van der Waals surface area contributed by atoms with Crippen molar-refractivity contribution in [3.05, 3.63) is 59.9 Å². The minimum Gasteiger partial charge on any atom is -0.467 e. The van der Waals surface area contributed by atoms with Crippen LogP contribution in [0.25, 0.3) is 0 Å². The van der Waals surface area contributed by atoms with Crippen molar-refractivity contribution in [1.82, 2.24) is 20.4 Å². The molecular formula is C32H43FN6O6. The molecule has 2 aliphatic rings. The van der Waals surface area contributed by atoms with Crippen LogP contribution in [0.1, 0.15) is 44.0 Å². The molecule has 0 aliphatic carbocycles. The molecule has 2 aromatic rings. The number of rotatable bonds is 8. The van der Waals surface area contributed by atoms with Crippen LogP contribution in [0.5, 0.6) is 0 Å². The number of hydrogen-bond donors (Lipinski definition) is 3. The molecule has 3 N–H and O–H groups in total. The maximum Gasteiger partial charge on any atom is 0.410 e. The van der Waals surface area contributed by atoms with Gasteiger partial charge in [0, 0.05) is 68.8 Å². The minimum absolute atomic E-state index is 0.192. The number of halogens is 1. The normalized spacial score (nSPS) is 16.8. The number of piperidine rings is 1. The van der Waals surface area contributed by atoms with Crippen molar-refractivity contribution < 1.29 is 33.0 Å². The van der Waals surface area contributed by atoms with Crippen LogP contribution in [0, 0.1) is 5.82 Å². The zero-order chi connectivity index (χ0) is 32.6.